The van der Waals surface area contributed by atoms with Crippen molar-refractivity contribution in [2.24, 2.45) is 0 Å². The van der Waals surface area contributed by atoms with Gasteiger partial charge in [-0.3, -0.25) is 4.79 Å². The van der Waals surface area contributed by atoms with Crippen LogP contribution in [-0.2, 0) is 26.3 Å². The van der Waals surface area contributed by atoms with Gasteiger partial charge in [-0.25, -0.2) is 0 Å². The topological polar surface area (TPSA) is 44.8 Å². The average molecular weight is 326 g/mol. The van der Waals surface area contributed by atoms with E-state index in [1.54, 1.807) is 7.11 Å². The van der Waals surface area contributed by atoms with Gasteiger partial charge < -0.3 is 14.2 Å². The minimum absolute atomic E-state index is 0.194. The quantitative estimate of drug-likeness (QED) is 0.762. The molecule has 0 unspecified atom stereocenters. The summed E-state index contributed by atoms with van der Waals surface area (Å²) in [6.07, 6.45) is 0.403. The molecule has 0 aromatic heterocycles. The van der Waals surface area contributed by atoms with Gasteiger partial charge in [-0.2, -0.15) is 0 Å². The van der Waals surface area contributed by atoms with Crippen LogP contribution >= 0.6 is 0 Å². The number of hydrogen-bond donors (Lipinski definition) is 0. The Labute approximate surface area is 142 Å². The van der Waals surface area contributed by atoms with E-state index in [4.69, 9.17) is 14.2 Å². The lowest BCUT2D eigenvalue weighted by molar-refractivity contribution is -0.147. The number of carbonyl (C=O) groups excluding carboxylic acids is 1. The van der Waals surface area contributed by atoms with Crippen LogP contribution < -0.4 is 4.74 Å². The highest BCUT2D eigenvalue weighted by Crippen LogP contribution is 2.38. The third-order valence-electron chi connectivity index (χ3n) is 4.50. The molecule has 0 N–H and O–H groups in total. The maximum atomic E-state index is 12.4. The van der Waals surface area contributed by atoms with Crippen LogP contribution in [0.1, 0.15) is 24.5 Å². The van der Waals surface area contributed by atoms with Gasteiger partial charge in [0.15, 0.2) is 0 Å². The van der Waals surface area contributed by atoms with Crippen molar-refractivity contribution < 1.29 is 19.0 Å². The van der Waals surface area contributed by atoms with Gasteiger partial charge in [-0.05, 0) is 30.2 Å². The van der Waals surface area contributed by atoms with Crippen molar-refractivity contribution in [3.05, 3.63) is 65.7 Å². The second-order valence-electron chi connectivity index (χ2n) is 6.29. The van der Waals surface area contributed by atoms with E-state index >= 15 is 0 Å². The molecule has 1 aliphatic rings. The molecule has 2 aromatic rings. The first-order chi connectivity index (χ1) is 11.6. The lowest BCUT2D eigenvalue weighted by Crippen LogP contribution is -2.27. The Bertz CT molecular complexity index is 681. The zero-order valence-corrected chi connectivity index (χ0v) is 14.0. The highest BCUT2D eigenvalue weighted by atomic mass is 16.6. The molecule has 0 amide bonds. The molecule has 2 aromatic carbocycles. The first-order valence-electron chi connectivity index (χ1n) is 8.09. The van der Waals surface area contributed by atoms with Crippen molar-refractivity contribution in [1.29, 1.82) is 0 Å². The van der Waals surface area contributed by atoms with Crippen molar-refractivity contribution in [2.75, 3.05) is 13.7 Å². The van der Waals surface area contributed by atoms with E-state index in [1.165, 1.54) is 0 Å². The average Bonchev–Trinajstić information content (AvgIpc) is 2.91. The fraction of sp³-hybridized carbons (Fsp3) is 0.350. The van der Waals surface area contributed by atoms with Crippen molar-refractivity contribution in [3.63, 3.8) is 0 Å². The van der Waals surface area contributed by atoms with Crippen LogP contribution in [0.25, 0.3) is 0 Å². The van der Waals surface area contributed by atoms with Crippen LogP contribution in [-0.4, -0.2) is 25.8 Å². The van der Waals surface area contributed by atoms with Gasteiger partial charge >= 0.3 is 5.97 Å². The normalized spacial score (nSPS) is 23.1. The van der Waals surface area contributed by atoms with Gasteiger partial charge in [0.05, 0.1) is 25.7 Å². The maximum Gasteiger partial charge on any atom is 0.316 e. The summed E-state index contributed by atoms with van der Waals surface area (Å²) >= 11 is 0. The second kappa shape index (κ2) is 7.05. The van der Waals surface area contributed by atoms with E-state index in [2.05, 4.69) is 0 Å². The Morgan fingerprint density at radius 2 is 1.83 bits per heavy atom. The van der Waals surface area contributed by atoms with E-state index in [0.717, 1.165) is 16.9 Å². The summed E-state index contributed by atoms with van der Waals surface area (Å²) in [4.78, 5) is 12.4. The molecule has 0 saturated carbocycles. The Kier molecular flexibility index (Phi) is 4.86. The standard InChI is InChI=1S/C20H22O4/c1-20(16-8-10-17(22-2)11-9-16)12-18(24-19(20)21)14-23-13-15-6-4-3-5-7-15/h3-11,18H,12-14H2,1-2H3/t18-,20-/m1/s1. The van der Waals surface area contributed by atoms with E-state index in [-0.39, 0.29) is 12.1 Å². The molecular formula is C20H22O4. The van der Waals surface area contributed by atoms with Crippen LogP contribution in [0.2, 0.25) is 0 Å². The molecule has 0 radical (unpaired) electrons. The number of methoxy groups -OCH3 is 1. The molecule has 126 valence electrons. The zero-order chi connectivity index (χ0) is 17.0. The molecule has 1 saturated heterocycles. The zero-order valence-electron chi connectivity index (χ0n) is 14.0. The molecule has 1 aliphatic heterocycles. The minimum Gasteiger partial charge on any atom is -0.497 e. The van der Waals surface area contributed by atoms with Gasteiger partial charge in [0.2, 0.25) is 0 Å². The molecule has 1 heterocycles. The van der Waals surface area contributed by atoms with Crippen molar-refractivity contribution >= 4 is 5.97 Å². The number of cyclic esters (lactones) is 1. The summed E-state index contributed by atoms with van der Waals surface area (Å²) in [5, 5.41) is 0. The van der Waals surface area contributed by atoms with Gasteiger partial charge in [-0.1, -0.05) is 42.5 Å². The molecule has 24 heavy (non-hydrogen) atoms. The third kappa shape index (κ3) is 3.44. The van der Waals surface area contributed by atoms with Crippen LogP contribution in [0, 0.1) is 0 Å². The molecular weight excluding hydrogens is 304 g/mol. The third-order valence-corrected chi connectivity index (χ3v) is 4.50. The Morgan fingerprint density at radius 1 is 1.12 bits per heavy atom. The van der Waals surface area contributed by atoms with E-state index in [1.807, 2.05) is 61.5 Å². The Balaban J connectivity index is 1.60. The number of benzene rings is 2. The second-order valence-corrected chi connectivity index (χ2v) is 6.29. The summed E-state index contributed by atoms with van der Waals surface area (Å²) in [5.74, 6) is 0.581. The monoisotopic (exact) mass is 326 g/mol. The fourth-order valence-corrected chi connectivity index (χ4v) is 3.03. The minimum atomic E-state index is -0.632. The summed E-state index contributed by atoms with van der Waals surface area (Å²) in [6, 6.07) is 17.6. The Morgan fingerprint density at radius 3 is 2.50 bits per heavy atom. The highest BCUT2D eigenvalue weighted by Gasteiger charge is 2.46. The molecule has 1 fully saturated rings. The molecule has 4 heteroatoms. The van der Waals surface area contributed by atoms with Crippen molar-refractivity contribution in [3.8, 4) is 5.75 Å². The maximum absolute atomic E-state index is 12.4. The summed E-state index contributed by atoms with van der Waals surface area (Å²) in [7, 11) is 1.63. The summed E-state index contributed by atoms with van der Waals surface area (Å²) < 4.78 is 16.4. The molecule has 3 rings (SSSR count). The molecule has 0 spiro atoms. The van der Waals surface area contributed by atoms with Gasteiger partial charge in [-0.15, -0.1) is 0 Å². The van der Waals surface area contributed by atoms with Crippen LogP contribution in [0.3, 0.4) is 0 Å². The largest absolute Gasteiger partial charge is 0.497 e. The lowest BCUT2D eigenvalue weighted by Gasteiger charge is -2.19. The van der Waals surface area contributed by atoms with Gasteiger partial charge in [0, 0.05) is 6.42 Å². The number of carbonyl (C=O) groups is 1. The fourth-order valence-electron chi connectivity index (χ4n) is 3.03. The van der Waals surface area contributed by atoms with E-state index in [0.29, 0.717) is 19.6 Å². The van der Waals surface area contributed by atoms with Crippen molar-refractivity contribution in [2.45, 2.75) is 31.5 Å². The predicted octanol–water partition coefficient (Wildman–Crippen LogP) is 3.49. The molecule has 2 atom stereocenters. The van der Waals surface area contributed by atoms with Crippen molar-refractivity contribution in [1.82, 2.24) is 0 Å². The van der Waals surface area contributed by atoms with Gasteiger partial charge in [0.1, 0.15) is 11.9 Å². The molecule has 0 aliphatic carbocycles. The van der Waals surface area contributed by atoms with E-state index < -0.39 is 5.41 Å². The van der Waals surface area contributed by atoms with Crippen LogP contribution in [0.15, 0.2) is 54.6 Å². The smallest absolute Gasteiger partial charge is 0.316 e. The SMILES string of the molecule is COc1ccc([C@@]2(C)C[C@H](COCc3ccccc3)OC2=O)cc1. The lowest BCUT2D eigenvalue weighted by atomic mass is 9.80. The summed E-state index contributed by atoms with van der Waals surface area (Å²) in [6.45, 7) is 2.86. The number of esters is 1. The first kappa shape index (κ1) is 16.5. The summed E-state index contributed by atoms with van der Waals surface area (Å²) in [5.41, 5.74) is 1.42. The number of hydrogen-bond acceptors (Lipinski definition) is 4. The number of rotatable bonds is 6. The van der Waals surface area contributed by atoms with Crippen LogP contribution in [0.5, 0.6) is 5.75 Å². The predicted molar refractivity (Wildman–Crippen MR) is 90.9 cm³/mol. The highest BCUT2D eigenvalue weighted by molar-refractivity contribution is 5.84. The molecule has 4 nitrogen and oxygen atoms in total. The first-order valence-corrected chi connectivity index (χ1v) is 8.09. The number of ether oxygens (including phenoxy) is 3. The van der Waals surface area contributed by atoms with Gasteiger partial charge in [0.25, 0.3) is 0 Å². The Hall–Kier alpha value is -2.33. The van der Waals surface area contributed by atoms with Crippen LogP contribution in [0.4, 0.5) is 0 Å². The molecule has 0 bridgehead atoms. The van der Waals surface area contributed by atoms with E-state index in [9.17, 15) is 4.79 Å².